The second-order valence-corrected chi connectivity index (χ2v) is 9.19. The first-order valence-corrected chi connectivity index (χ1v) is 12.1. The standard InChI is InChI=1S/C27H30N6O3/c1-16-4-5-28-14-21(16)23-12-19-20(26(34)32-24(19)15-30-23)13-22-17(2)25(18(3)31-22)27(35)29-6-7-33-8-10-36-11-9-33/h4-5,12-15,31H,6-11H2,1-3H3,(H,29,35)(H,32,34). The van der Waals surface area contributed by atoms with Crippen molar-refractivity contribution in [3.05, 3.63) is 64.4 Å². The molecule has 3 aromatic rings. The normalized spacial score (nSPS) is 16.8. The SMILES string of the molecule is Cc1ccncc1-c1cc2c(cn1)NC(=O)C2=Cc1[nH]c(C)c(C(=O)NCCN2CCOCC2)c1C. The summed E-state index contributed by atoms with van der Waals surface area (Å²) in [6, 6.07) is 3.84. The van der Waals surface area contributed by atoms with Crippen molar-refractivity contribution in [1.29, 1.82) is 0 Å². The number of carbonyl (C=O) groups excluding carboxylic acids is 2. The summed E-state index contributed by atoms with van der Waals surface area (Å²) in [5.74, 6) is -0.316. The molecule has 1 fully saturated rings. The van der Waals surface area contributed by atoms with Crippen LogP contribution in [-0.4, -0.2) is 71.1 Å². The predicted molar refractivity (Wildman–Crippen MR) is 139 cm³/mol. The van der Waals surface area contributed by atoms with E-state index < -0.39 is 0 Å². The van der Waals surface area contributed by atoms with E-state index >= 15 is 0 Å². The fraction of sp³-hybridized carbons (Fsp3) is 0.333. The van der Waals surface area contributed by atoms with E-state index in [-0.39, 0.29) is 11.8 Å². The van der Waals surface area contributed by atoms with Crippen molar-refractivity contribution in [2.45, 2.75) is 20.8 Å². The van der Waals surface area contributed by atoms with Gasteiger partial charge in [0.05, 0.1) is 41.9 Å². The molecule has 1 saturated heterocycles. The minimum atomic E-state index is -0.199. The molecular weight excluding hydrogens is 456 g/mol. The van der Waals surface area contributed by atoms with Gasteiger partial charge < -0.3 is 20.4 Å². The van der Waals surface area contributed by atoms with Crippen LogP contribution in [0.25, 0.3) is 22.9 Å². The highest BCUT2D eigenvalue weighted by atomic mass is 16.5. The maximum absolute atomic E-state index is 13.0. The first-order valence-electron chi connectivity index (χ1n) is 12.1. The number of ether oxygens (including phenoxy) is 1. The number of fused-ring (bicyclic) bond motifs is 1. The van der Waals surface area contributed by atoms with Gasteiger partial charge in [0.25, 0.3) is 11.8 Å². The monoisotopic (exact) mass is 486 g/mol. The number of anilines is 1. The Balaban J connectivity index is 1.39. The first-order chi connectivity index (χ1) is 17.4. The van der Waals surface area contributed by atoms with Gasteiger partial charge in [-0.1, -0.05) is 0 Å². The zero-order valence-corrected chi connectivity index (χ0v) is 20.8. The third kappa shape index (κ3) is 4.67. The third-order valence-corrected chi connectivity index (χ3v) is 6.81. The highest BCUT2D eigenvalue weighted by molar-refractivity contribution is 6.35. The highest BCUT2D eigenvalue weighted by Gasteiger charge is 2.27. The van der Waals surface area contributed by atoms with Gasteiger partial charge in [0.15, 0.2) is 0 Å². The van der Waals surface area contributed by atoms with Crippen LogP contribution in [0.4, 0.5) is 5.69 Å². The summed E-state index contributed by atoms with van der Waals surface area (Å²) in [5.41, 5.74) is 7.62. The molecule has 0 spiro atoms. The Labute approximate surface area is 210 Å². The molecule has 36 heavy (non-hydrogen) atoms. The Bertz CT molecular complexity index is 1350. The van der Waals surface area contributed by atoms with Crippen LogP contribution in [0.1, 0.15) is 38.4 Å². The molecule has 9 nitrogen and oxygen atoms in total. The van der Waals surface area contributed by atoms with E-state index in [0.717, 1.165) is 72.2 Å². The number of H-pyrrole nitrogens is 1. The predicted octanol–water partition coefficient (Wildman–Crippen LogP) is 2.95. The quantitative estimate of drug-likeness (QED) is 0.462. The van der Waals surface area contributed by atoms with E-state index in [9.17, 15) is 9.59 Å². The lowest BCUT2D eigenvalue weighted by Crippen LogP contribution is -2.41. The molecule has 2 aliphatic heterocycles. The van der Waals surface area contributed by atoms with Gasteiger partial charge in [0.1, 0.15) is 0 Å². The fourth-order valence-electron chi connectivity index (χ4n) is 4.76. The lowest BCUT2D eigenvalue weighted by molar-refractivity contribution is -0.110. The Morgan fingerprint density at radius 3 is 2.78 bits per heavy atom. The van der Waals surface area contributed by atoms with Gasteiger partial charge >= 0.3 is 0 Å². The van der Waals surface area contributed by atoms with Crippen LogP contribution in [0.3, 0.4) is 0 Å². The van der Waals surface area contributed by atoms with Crippen LogP contribution in [0.15, 0.2) is 30.7 Å². The minimum Gasteiger partial charge on any atom is -0.379 e. The second-order valence-electron chi connectivity index (χ2n) is 9.19. The van der Waals surface area contributed by atoms with Crippen molar-refractivity contribution in [3.8, 4) is 11.3 Å². The maximum Gasteiger partial charge on any atom is 0.256 e. The summed E-state index contributed by atoms with van der Waals surface area (Å²) in [6.45, 7) is 10.4. The van der Waals surface area contributed by atoms with Gasteiger partial charge in [-0.3, -0.25) is 24.5 Å². The molecule has 0 aliphatic carbocycles. The molecule has 2 aliphatic rings. The van der Waals surface area contributed by atoms with Crippen LogP contribution in [0.5, 0.6) is 0 Å². The van der Waals surface area contributed by atoms with E-state index in [1.807, 2.05) is 39.0 Å². The third-order valence-electron chi connectivity index (χ3n) is 6.81. The van der Waals surface area contributed by atoms with Gasteiger partial charge in [-0.2, -0.15) is 0 Å². The number of aromatic nitrogens is 3. The van der Waals surface area contributed by atoms with Gasteiger partial charge in [0, 0.05) is 61.1 Å². The number of morpholine rings is 1. The highest BCUT2D eigenvalue weighted by Crippen LogP contribution is 2.36. The van der Waals surface area contributed by atoms with Crippen LogP contribution >= 0.6 is 0 Å². The lowest BCUT2D eigenvalue weighted by Gasteiger charge is -2.26. The summed E-state index contributed by atoms with van der Waals surface area (Å²) in [7, 11) is 0. The zero-order valence-electron chi connectivity index (χ0n) is 20.8. The molecule has 186 valence electrons. The van der Waals surface area contributed by atoms with Crippen LogP contribution < -0.4 is 10.6 Å². The summed E-state index contributed by atoms with van der Waals surface area (Å²) in [5, 5.41) is 5.93. The van der Waals surface area contributed by atoms with E-state index in [4.69, 9.17) is 4.74 Å². The number of aryl methyl sites for hydroxylation is 2. The van der Waals surface area contributed by atoms with Gasteiger partial charge in [-0.25, -0.2) is 0 Å². The van der Waals surface area contributed by atoms with Crippen molar-refractivity contribution >= 4 is 29.2 Å². The average Bonchev–Trinajstić information content (AvgIpc) is 3.34. The second kappa shape index (κ2) is 10.0. The molecule has 0 saturated carbocycles. The number of hydrogen-bond donors (Lipinski definition) is 3. The topological polar surface area (TPSA) is 112 Å². The lowest BCUT2D eigenvalue weighted by atomic mass is 10.0. The van der Waals surface area contributed by atoms with Crippen LogP contribution in [-0.2, 0) is 9.53 Å². The van der Waals surface area contributed by atoms with Crippen molar-refractivity contribution in [2.24, 2.45) is 0 Å². The molecule has 0 unspecified atom stereocenters. The first kappa shape index (κ1) is 23.9. The van der Waals surface area contributed by atoms with Crippen LogP contribution in [0, 0.1) is 20.8 Å². The summed E-state index contributed by atoms with van der Waals surface area (Å²) in [6.07, 6.45) is 7.01. The number of nitrogens with zero attached hydrogens (tertiary/aromatic N) is 3. The molecule has 0 atom stereocenters. The van der Waals surface area contributed by atoms with E-state index in [1.165, 1.54) is 0 Å². The Kier molecular flexibility index (Phi) is 6.67. The molecule has 5 rings (SSSR count). The van der Waals surface area contributed by atoms with E-state index in [1.54, 1.807) is 18.6 Å². The molecular formula is C27H30N6O3. The molecule has 9 heteroatoms. The smallest absolute Gasteiger partial charge is 0.256 e. The number of pyridine rings is 2. The molecule has 3 aromatic heterocycles. The largest absolute Gasteiger partial charge is 0.379 e. The summed E-state index contributed by atoms with van der Waals surface area (Å²) < 4.78 is 5.38. The molecule has 0 radical (unpaired) electrons. The summed E-state index contributed by atoms with van der Waals surface area (Å²) in [4.78, 5) is 40.2. The van der Waals surface area contributed by atoms with Crippen molar-refractivity contribution in [3.63, 3.8) is 0 Å². The summed E-state index contributed by atoms with van der Waals surface area (Å²) >= 11 is 0. The van der Waals surface area contributed by atoms with Crippen molar-refractivity contribution in [2.75, 3.05) is 44.7 Å². The van der Waals surface area contributed by atoms with E-state index in [0.29, 0.717) is 23.4 Å². The number of rotatable bonds is 6. The molecule has 0 bridgehead atoms. The number of aromatic amines is 1. The van der Waals surface area contributed by atoms with E-state index in [2.05, 4.69) is 30.5 Å². The van der Waals surface area contributed by atoms with Crippen molar-refractivity contribution < 1.29 is 14.3 Å². The van der Waals surface area contributed by atoms with Gasteiger partial charge in [-0.05, 0) is 50.1 Å². The minimum absolute atomic E-state index is 0.117. The van der Waals surface area contributed by atoms with Crippen molar-refractivity contribution in [1.82, 2.24) is 25.2 Å². The number of nitrogens with one attached hydrogen (secondary N) is 3. The number of carbonyl (C=O) groups is 2. The Hall–Kier alpha value is -3.82. The van der Waals surface area contributed by atoms with Gasteiger partial charge in [0.2, 0.25) is 0 Å². The fourth-order valence-corrected chi connectivity index (χ4v) is 4.76. The van der Waals surface area contributed by atoms with Crippen LogP contribution in [0.2, 0.25) is 0 Å². The maximum atomic E-state index is 13.0. The van der Waals surface area contributed by atoms with Gasteiger partial charge in [-0.15, -0.1) is 0 Å². The number of amides is 2. The Morgan fingerprint density at radius 1 is 1.19 bits per heavy atom. The molecule has 5 heterocycles. The molecule has 0 aromatic carbocycles. The molecule has 2 amide bonds. The Morgan fingerprint density at radius 2 is 2.00 bits per heavy atom. The zero-order chi connectivity index (χ0) is 25.2. The average molecular weight is 487 g/mol. The molecule has 3 N–H and O–H groups in total. The number of hydrogen-bond acceptors (Lipinski definition) is 6.